The Hall–Kier alpha value is -1.51. The quantitative estimate of drug-likeness (QED) is 0.792. The topological polar surface area (TPSA) is 83.7 Å². The van der Waals surface area contributed by atoms with E-state index in [2.05, 4.69) is 19.7 Å². The normalized spacial score (nSPS) is 23.2. The number of hydrogen-bond acceptors (Lipinski definition) is 6. The number of rotatable bonds is 4. The fraction of sp³-hybridized carbons (Fsp3) is 0.800. The lowest BCUT2D eigenvalue weighted by Crippen LogP contribution is -2.41. The maximum Gasteiger partial charge on any atom is 0.248 e. The fourth-order valence-electron chi connectivity index (χ4n) is 3.34. The van der Waals surface area contributed by atoms with Crippen molar-refractivity contribution in [2.45, 2.75) is 25.3 Å². The molecule has 1 atom stereocenters. The highest BCUT2D eigenvalue weighted by Gasteiger charge is 2.28. The summed E-state index contributed by atoms with van der Waals surface area (Å²) in [5, 5.41) is 17.8. The number of likely N-dealkylation sites (tertiary alicyclic amines) is 1. The lowest BCUT2D eigenvalue weighted by atomic mass is 9.97. The molecule has 3 heterocycles. The molecule has 0 aromatic carbocycles. The van der Waals surface area contributed by atoms with E-state index >= 15 is 0 Å². The predicted molar refractivity (Wildman–Crippen MR) is 82.7 cm³/mol. The summed E-state index contributed by atoms with van der Waals surface area (Å²) >= 11 is 0. The second-order valence-electron chi connectivity index (χ2n) is 6.26. The van der Waals surface area contributed by atoms with Crippen molar-refractivity contribution >= 4 is 5.91 Å². The third-order valence-electron chi connectivity index (χ3n) is 4.74. The maximum atomic E-state index is 11.7. The van der Waals surface area contributed by atoms with Gasteiger partial charge in [0.1, 0.15) is 18.3 Å². The third-order valence-corrected chi connectivity index (χ3v) is 4.74. The van der Waals surface area contributed by atoms with Crippen LogP contribution in [0.25, 0.3) is 0 Å². The molecule has 1 aromatic heterocycles. The minimum Gasteiger partial charge on any atom is -0.387 e. The highest BCUT2D eigenvalue weighted by atomic mass is 16.5. The molecule has 3 rings (SSSR count). The number of piperidine rings is 1. The maximum absolute atomic E-state index is 11.7. The number of amides is 1. The SMILES string of the molecule is Cn1c(CN2CCOCC2)nnc1[C@H]1CCCN(C(=O)CO)C1. The molecule has 128 valence electrons. The van der Waals surface area contributed by atoms with Crippen molar-refractivity contribution in [3.05, 3.63) is 11.6 Å². The summed E-state index contributed by atoms with van der Waals surface area (Å²) < 4.78 is 7.43. The Morgan fingerprint density at radius 2 is 2.09 bits per heavy atom. The number of hydrogen-bond donors (Lipinski definition) is 1. The summed E-state index contributed by atoms with van der Waals surface area (Å²) in [5.74, 6) is 1.87. The zero-order valence-corrected chi connectivity index (χ0v) is 13.6. The highest BCUT2D eigenvalue weighted by Crippen LogP contribution is 2.26. The van der Waals surface area contributed by atoms with Crippen LogP contribution in [0.4, 0.5) is 0 Å². The van der Waals surface area contributed by atoms with Crippen LogP contribution in [0.15, 0.2) is 0 Å². The summed E-state index contributed by atoms with van der Waals surface area (Å²) in [5.41, 5.74) is 0. The van der Waals surface area contributed by atoms with Gasteiger partial charge in [-0.05, 0) is 12.8 Å². The van der Waals surface area contributed by atoms with E-state index in [4.69, 9.17) is 9.84 Å². The number of ether oxygens (including phenoxy) is 1. The average molecular weight is 323 g/mol. The summed E-state index contributed by atoms with van der Waals surface area (Å²) in [6.45, 7) is 5.07. The van der Waals surface area contributed by atoms with Crippen molar-refractivity contribution in [2.24, 2.45) is 7.05 Å². The molecule has 1 N–H and O–H groups in total. The van der Waals surface area contributed by atoms with Crippen LogP contribution in [0.1, 0.15) is 30.4 Å². The molecule has 0 saturated carbocycles. The van der Waals surface area contributed by atoms with Gasteiger partial charge in [0.25, 0.3) is 0 Å². The molecule has 1 amide bonds. The zero-order valence-electron chi connectivity index (χ0n) is 13.6. The van der Waals surface area contributed by atoms with Crippen LogP contribution in [0.5, 0.6) is 0 Å². The molecule has 8 heteroatoms. The van der Waals surface area contributed by atoms with E-state index in [9.17, 15) is 4.79 Å². The number of carbonyl (C=O) groups is 1. The van der Waals surface area contributed by atoms with Gasteiger partial charge in [-0.1, -0.05) is 0 Å². The van der Waals surface area contributed by atoms with Crippen LogP contribution >= 0.6 is 0 Å². The molecular weight excluding hydrogens is 298 g/mol. The van der Waals surface area contributed by atoms with Gasteiger partial charge < -0.3 is 19.3 Å². The third kappa shape index (κ3) is 3.70. The van der Waals surface area contributed by atoms with Crippen molar-refractivity contribution in [1.82, 2.24) is 24.6 Å². The number of aromatic nitrogens is 3. The first kappa shape index (κ1) is 16.4. The van der Waals surface area contributed by atoms with Gasteiger partial charge in [-0.3, -0.25) is 9.69 Å². The molecule has 0 spiro atoms. The van der Waals surface area contributed by atoms with Gasteiger partial charge in [-0.15, -0.1) is 10.2 Å². The van der Waals surface area contributed by atoms with Crippen LogP contribution in [-0.2, 0) is 23.1 Å². The van der Waals surface area contributed by atoms with Crippen molar-refractivity contribution in [3.63, 3.8) is 0 Å². The Labute approximate surface area is 136 Å². The first-order valence-corrected chi connectivity index (χ1v) is 8.26. The summed E-state index contributed by atoms with van der Waals surface area (Å²) in [7, 11) is 2.00. The molecule has 0 unspecified atom stereocenters. The number of aliphatic hydroxyl groups is 1. The summed E-state index contributed by atoms with van der Waals surface area (Å²) in [6, 6.07) is 0. The Balaban J connectivity index is 1.67. The van der Waals surface area contributed by atoms with Gasteiger partial charge >= 0.3 is 0 Å². The Morgan fingerprint density at radius 1 is 1.30 bits per heavy atom. The van der Waals surface area contributed by atoms with Crippen molar-refractivity contribution in [3.8, 4) is 0 Å². The standard InChI is InChI=1S/C15H25N5O3/c1-18-13(10-19-5-7-23-8-6-19)16-17-15(18)12-3-2-4-20(9-12)14(22)11-21/h12,21H,2-11H2,1H3/t12-/m0/s1. The lowest BCUT2D eigenvalue weighted by molar-refractivity contribution is -0.135. The minimum atomic E-state index is -0.423. The number of morpholine rings is 1. The highest BCUT2D eigenvalue weighted by molar-refractivity contribution is 5.77. The summed E-state index contributed by atoms with van der Waals surface area (Å²) in [6.07, 6.45) is 1.93. The van der Waals surface area contributed by atoms with Gasteiger partial charge in [0.15, 0.2) is 0 Å². The number of aliphatic hydroxyl groups excluding tert-OH is 1. The molecule has 2 saturated heterocycles. The molecule has 1 aromatic rings. The minimum absolute atomic E-state index is 0.190. The van der Waals surface area contributed by atoms with E-state index in [0.29, 0.717) is 13.1 Å². The van der Waals surface area contributed by atoms with Crippen molar-refractivity contribution in [1.29, 1.82) is 0 Å². The lowest BCUT2D eigenvalue weighted by Gasteiger charge is -2.32. The smallest absolute Gasteiger partial charge is 0.248 e. The number of nitrogens with zero attached hydrogens (tertiary/aromatic N) is 5. The fourth-order valence-corrected chi connectivity index (χ4v) is 3.34. The van der Waals surface area contributed by atoms with Crippen LogP contribution in [0, 0.1) is 0 Å². The van der Waals surface area contributed by atoms with E-state index in [-0.39, 0.29) is 11.8 Å². The first-order chi connectivity index (χ1) is 11.2. The van der Waals surface area contributed by atoms with E-state index in [1.54, 1.807) is 4.90 Å². The average Bonchev–Trinajstić information content (AvgIpc) is 2.96. The van der Waals surface area contributed by atoms with Crippen LogP contribution < -0.4 is 0 Å². The Morgan fingerprint density at radius 3 is 2.83 bits per heavy atom. The molecule has 0 bridgehead atoms. The number of carbonyl (C=O) groups excluding carboxylic acids is 1. The monoisotopic (exact) mass is 323 g/mol. The molecule has 0 aliphatic carbocycles. The Kier molecular flexibility index (Phi) is 5.24. The molecular formula is C15H25N5O3. The van der Waals surface area contributed by atoms with E-state index in [1.807, 2.05) is 7.05 Å². The van der Waals surface area contributed by atoms with Gasteiger partial charge in [0, 0.05) is 39.1 Å². The largest absolute Gasteiger partial charge is 0.387 e. The first-order valence-electron chi connectivity index (χ1n) is 8.26. The molecule has 2 aliphatic heterocycles. The summed E-state index contributed by atoms with van der Waals surface area (Å²) in [4.78, 5) is 15.8. The molecule has 0 radical (unpaired) electrons. The van der Waals surface area contributed by atoms with Crippen LogP contribution in [0.2, 0.25) is 0 Å². The van der Waals surface area contributed by atoms with E-state index in [1.165, 1.54) is 0 Å². The molecule has 2 fully saturated rings. The van der Waals surface area contributed by atoms with Gasteiger partial charge in [0.2, 0.25) is 5.91 Å². The van der Waals surface area contributed by atoms with Crippen molar-refractivity contribution in [2.75, 3.05) is 46.0 Å². The second-order valence-corrected chi connectivity index (χ2v) is 6.26. The van der Waals surface area contributed by atoms with Gasteiger partial charge in [0.05, 0.1) is 19.8 Å². The molecule has 23 heavy (non-hydrogen) atoms. The van der Waals surface area contributed by atoms with Crippen LogP contribution in [0.3, 0.4) is 0 Å². The predicted octanol–water partition coefficient (Wildman–Crippen LogP) is -0.654. The second kappa shape index (κ2) is 7.37. The van der Waals surface area contributed by atoms with E-state index < -0.39 is 6.61 Å². The Bertz CT molecular complexity index is 541. The zero-order chi connectivity index (χ0) is 16.2. The van der Waals surface area contributed by atoms with Gasteiger partial charge in [-0.2, -0.15) is 0 Å². The molecule has 8 nitrogen and oxygen atoms in total. The van der Waals surface area contributed by atoms with Gasteiger partial charge in [-0.25, -0.2) is 0 Å². The van der Waals surface area contributed by atoms with Crippen molar-refractivity contribution < 1.29 is 14.6 Å². The van der Waals surface area contributed by atoms with E-state index in [0.717, 1.165) is 57.3 Å². The van der Waals surface area contributed by atoms with Crippen LogP contribution in [-0.4, -0.2) is 81.6 Å². The molecule has 2 aliphatic rings.